The normalized spacial score (nSPS) is 26.0. The van der Waals surface area contributed by atoms with E-state index in [0.29, 0.717) is 17.5 Å². The second-order valence-electron chi connectivity index (χ2n) is 7.07. The number of hydrogen-bond acceptors (Lipinski definition) is 4. The number of hydrogen-bond donors (Lipinski definition) is 1. The molecule has 1 spiro atoms. The largest absolute Gasteiger partial charge is 0.385 e. The number of piperazine rings is 1. The number of ether oxygens (including phenoxy) is 2. The number of nitrogens with one attached hydrogen (secondary N) is 1. The third-order valence-corrected chi connectivity index (χ3v) is 5.26. The molecule has 124 valence electrons. The van der Waals surface area contributed by atoms with E-state index in [0.717, 1.165) is 32.8 Å². The van der Waals surface area contributed by atoms with Crippen molar-refractivity contribution in [1.29, 1.82) is 0 Å². The summed E-state index contributed by atoms with van der Waals surface area (Å²) in [7, 11) is 1.75. The molecule has 0 aromatic rings. The minimum atomic E-state index is 0.418. The average molecular weight is 298 g/mol. The lowest BCUT2D eigenvalue weighted by Gasteiger charge is -2.49. The Morgan fingerprint density at radius 2 is 1.95 bits per heavy atom. The Bertz CT molecular complexity index is 291. The van der Waals surface area contributed by atoms with Crippen LogP contribution in [0.2, 0.25) is 0 Å². The van der Waals surface area contributed by atoms with Crippen LogP contribution in [-0.2, 0) is 9.47 Å². The maximum Gasteiger partial charge on any atom is 0.0593 e. The van der Waals surface area contributed by atoms with E-state index in [1.807, 2.05) is 0 Å². The van der Waals surface area contributed by atoms with Crippen LogP contribution in [0.1, 0.15) is 46.0 Å². The molecule has 1 atom stereocenters. The van der Waals surface area contributed by atoms with Gasteiger partial charge in [0.1, 0.15) is 0 Å². The lowest BCUT2D eigenvalue weighted by Crippen LogP contribution is -2.65. The summed E-state index contributed by atoms with van der Waals surface area (Å²) < 4.78 is 10.9. The molecule has 4 nitrogen and oxygen atoms in total. The quantitative estimate of drug-likeness (QED) is 0.697. The lowest BCUT2D eigenvalue weighted by atomic mass is 9.88. The molecule has 1 saturated carbocycles. The van der Waals surface area contributed by atoms with Crippen LogP contribution in [0.4, 0.5) is 0 Å². The molecule has 0 aromatic heterocycles. The van der Waals surface area contributed by atoms with Crippen LogP contribution in [0.3, 0.4) is 0 Å². The highest BCUT2D eigenvalue weighted by atomic mass is 16.5. The van der Waals surface area contributed by atoms with Crippen molar-refractivity contribution in [1.82, 2.24) is 10.2 Å². The van der Waals surface area contributed by atoms with Crippen LogP contribution in [0, 0.1) is 5.92 Å². The highest BCUT2D eigenvalue weighted by Gasteiger charge is 2.43. The van der Waals surface area contributed by atoms with E-state index in [9.17, 15) is 0 Å². The SMILES string of the molecule is COCCCOCCN1CC(C(C)C)NCC12CCCC2. The lowest BCUT2D eigenvalue weighted by molar-refractivity contribution is 0.00372. The molecule has 21 heavy (non-hydrogen) atoms. The Morgan fingerprint density at radius 1 is 1.19 bits per heavy atom. The van der Waals surface area contributed by atoms with Crippen molar-refractivity contribution in [2.45, 2.75) is 57.5 Å². The van der Waals surface area contributed by atoms with Crippen LogP contribution < -0.4 is 5.32 Å². The van der Waals surface area contributed by atoms with Gasteiger partial charge < -0.3 is 14.8 Å². The van der Waals surface area contributed by atoms with Crippen LogP contribution in [0.25, 0.3) is 0 Å². The van der Waals surface area contributed by atoms with Crippen molar-refractivity contribution in [3.63, 3.8) is 0 Å². The molecule has 0 amide bonds. The third kappa shape index (κ3) is 4.65. The van der Waals surface area contributed by atoms with E-state index >= 15 is 0 Å². The van der Waals surface area contributed by atoms with E-state index in [4.69, 9.17) is 9.47 Å². The first-order chi connectivity index (χ1) is 10.2. The van der Waals surface area contributed by atoms with E-state index < -0.39 is 0 Å². The number of nitrogens with zero attached hydrogens (tertiary/aromatic N) is 1. The van der Waals surface area contributed by atoms with Crippen molar-refractivity contribution in [3.05, 3.63) is 0 Å². The molecule has 2 fully saturated rings. The minimum absolute atomic E-state index is 0.418. The van der Waals surface area contributed by atoms with Crippen molar-refractivity contribution in [2.75, 3.05) is 46.6 Å². The molecule has 0 radical (unpaired) electrons. The third-order valence-electron chi connectivity index (χ3n) is 5.26. The second kappa shape index (κ2) is 8.47. The first-order valence-corrected chi connectivity index (χ1v) is 8.73. The van der Waals surface area contributed by atoms with Crippen LogP contribution >= 0.6 is 0 Å². The Hall–Kier alpha value is -0.160. The molecule has 0 bridgehead atoms. The predicted molar refractivity (Wildman–Crippen MR) is 86.7 cm³/mol. The molecule has 1 aliphatic carbocycles. The average Bonchev–Trinajstić information content (AvgIpc) is 2.93. The topological polar surface area (TPSA) is 33.7 Å². The summed E-state index contributed by atoms with van der Waals surface area (Å²) >= 11 is 0. The van der Waals surface area contributed by atoms with Crippen molar-refractivity contribution < 1.29 is 9.47 Å². The van der Waals surface area contributed by atoms with Crippen LogP contribution in [0.5, 0.6) is 0 Å². The van der Waals surface area contributed by atoms with Gasteiger partial charge in [0.15, 0.2) is 0 Å². The Labute approximate surface area is 130 Å². The summed E-state index contributed by atoms with van der Waals surface area (Å²) in [5.74, 6) is 0.703. The fraction of sp³-hybridized carbons (Fsp3) is 1.00. The molecule has 2 rings (SSSR count). The van der Waals surface area contributed by atoms with E-state index in [-0.39, 0.29) is 0 Å². The first kappa shape index (κ1) is 17.2. The molecule has 1 aliphatic heterocycles. The Morgan fingerprint density at radius 3 is 2.62 bits per heavy atom. The molecule has 2 aliphatic rings. The molecule has 1 unspecified atom stereocenters. The van der Waals surface area contributed by atoms with Gasteiger partial charge in [0.05, 0.1) is 6.61 Å². The van der Waals surface area contributed by atoms with E-state index in [1.54, 1.807) is 7.11 Å². The molecule has 1 N–H and O–H groups in total. The highest BCUT2D eigenvalue weighted by Crippen LogP contribution is 2.37. The van der Waals surface area contributed by atoms with Crippen LogP contribution in [0.15, 0.2) is 0 Å². The highest BCUT2D eigenvalue weighted by molar-refractivity contribution is 5.02. The van der Waals surface area contributed by atoms with Gasteiger partial charge in [-0.1, -0.05) is 26.7 Å². The first-order valence-electron chi connectivity index (χ1n) is 8.73. The zero-order valence-corrected chi connectivity index (χ0v) is 14.2. The van der Waals surface area contributed by atoms with Crippen LogP contribution in [-0.4, -0.2) is 63.0 Å². The van der Waals surface area contributed by atoms with E-state index in [2.05, 4.69) is 24.1 Å². The smallest absolute Gasteiger partial charge is 0.0593 e. The van der Waals surface area contributed by atoms with Gasteiger partial charge in [-0.15, -0.1) is 0 Å². The molecule has 1 heterocycles. The molecular weight excluding hydrogens is 264 g/mol. The predicted octanol–water partition coefficient (Wildman–Crippen LogP) is 2.28. The van der Waals surface area contributed by atoms with Gasteiger partial charge in [-0.05, 0) is 25.2 Å². The zero-order chi connectivity index (χ0) is 15.1. The fourth-order valence-electron chi connectivity index (χ4n) is 3.81. The van der Waals surface area contributed by atoms with Gasteiger partial charge in [0.25, 0.3) is 0 Å². The van der Waals surface area contributed by atoms with Crippen molar-refractivity contribution in [3.8, 4) is 0 Å². The Kier molecular flexibility index (Phi) is 6.93. The zero-order valence-electron chi connectivity index (χ0n) is 14.2. The van der Waals surface area contributed by atoms with Gasteiger partial charge in [0.2, 0.25) is 0 Å². The standard InChI is InChI=1S/C17H34N2O2/c1-15(2)16-13-19(9-12-21-11-6-10-20-3)17(14-18-16)7-4-5-8-17/h15-16,18H,4-14H2,1-3H3. The van der Waals surface area contributed by atoms with Gasteiger partial charge in [-0.3, -0.25) is 4.90 Å². The van der Waals surface area contributed by atoms with Gasteiger partial charge >= 0.3 is 0 Å². The molecule has 4 heteroatoms. The number of methoxy groups -OCH3 is 1. The van der Waals surface area contributed by atoms with Crippen molar-refractivity contribution >= 4 is 0 Å². The Balaban J connectivity index is 1.79. The summed E-state index contributed by atoms with van der Waals surface area (Å²) in [6, 6.07) is 0.629. The number of rotatable bonds is 8. The fourth-order valence-corrected chi connectivity index (χ4v) is 3.81. The molecular formula is C17H34N2O2. The van der Waals surface area contributed by atoms with E-state index in [1.165, 1.54) is 38.8 Å². The monoisotopic (exact) mass is 298 g/mol. The van der Waals surface area contributed by atoms with Crippen molar-refractivity contribution in [2.24, 2.45) is 5.92 Å². The maximum atomic E-state index is 5.79. The summed E-state index contributed by atoms with van der Waals surface area (Å²) in [6.07, 6.45) is 6.49. The minimum Gasteiger partial charge on any atom is -0.385 e. The van der Waals surface area contributed by atoms with Gasteiger partial charge in [-0.2, -0.15) is 0 Å². The summed E-state index contributed by atoms with van der Waals surface area (Å²) in [4.78, 5) is 2.73. The second-order valence-corrected chi connectivity index (χ2v) is 7.07. The summed E-state index contributed by atoms with van der Waals surface area (Å²) in [5, 5.41) is 3.80. The molecule has 0 aromatic carbocycles. The summed E-state index contributed by atoms with van der Waals surface area (Å²) in [5.41, 5.74) is 0.418. The van der Waals surface area contributed by atoms with Gasteiger partial charge in [-0.25, -0.2) is 0 Å². The maximum absolute atomic E-state index is 5.79. The molecule has 1 saturated heterocycles. The van der Waals surface area contributed by atoms with Gasteiger partial charge in [0, 0.05) is 51.5 Å². The summed E-state index contributed by atoms with van der Waals surface area (Å²) in [6.45, 7) is 10.5.